The number of hydrogen-bond donors (Lipinski definition) is 0. The minimum Gasteiger partial charge on any atom is -0.449 e. The molecule has 3 fully saturated rings. The summed E-state index contributed by atoms with van der Waals surface area (Å²) in [5.41, 5.74) is 1.26. The summed E-state index contributed by atoms with van der Waals surface area (Å²) < 4.78 is 5.31. The van der Waals surface area contributed by atoms with E-state index in [2.05, 4.69) is 17.0 Å². The van der Waals surface area contributed by atoms with Crippen molar-refractivity contribution >= 4 is 12.0 Å². The van der Waals surface area contributed by atoms with Crippen molar-refractivity contribution in [1.29, 1.82) is 0 Å². The summed E-state index contributed by atoms with van der Waals surface area (Å²) in [6.07, 6.45) is 5.74. The molecule has 0 radical (unpaired) electrons. The highest BCUT2D eigenvalue weighted by Crippen LogP contribution is 2.48. The quantitative estimate of drug-likeness (QED) is 0.810. The topological polar surface area (TPSA) is 49.9 Å². The maximum atomic E-state index is 13.2. The van der Waals surface area contributed by atoms with Crippen LogP contribution in [0.3, 0.4) is 0 Å². The molecule has 1 aliphatic carbocycles. The first-order valence-electron chi connectivity index (χ1n) is 10.4. The van der Waals surface area contributed by atoms with Crippen molar-refractivity contribution in [2.24, 2.45) is 5.41 Å². The fraction of sp³-hybridized carbons (Fsp3) is 0.636. The predicted octanol–water partition coefficient (Wildman–Crippen LogP) is 3.79. The van der Waals surface area contributed by atoms with Gasteiger partial charge in [0.05, 0.1) is 12.5 Å². The van der Waals surface area contributed by atoms with Gasteiger partial charge in [0.15, 0.2) is 0 Å². The van der Waals surface area contributed by atoms with Gasteiger partial charge in [-0.25, -0.2) is 4.79 Å². The molecule has 2 saturated heterocycles. The molecule has 0 bridgehead atoms. The van der Waals surface area contributed by atoms with Crippen LogP contribution in [0.2, 0.25) is 0 Å². The second-order valence-electron chi connectivity index (χ2n) is 8.47. The van der Waals surface area contributed by atoms with Crippen LogP contribution in [0.1, 0.15) is 56.9 Å². The maximum absolute atomic E-state index is 13.2. The van der Waals surface area contributed by atoms with Gasteiger partial charge < -0.3 is 14.5 Å². The van der Waals surface area contributed by atoms with Crippen molar-refractivity contribution in [3.05, 3.63) is 35.9 Å². The van der Waals surface area contributed by atoms with Crippen LogP contribution in [-0.2, 0) is 9.53 Å². The second kappa shape index (κ2) is 7.53. The molecule has 2 amide bonds. The van der Waals surface area contributed by atoms with Gasteiger partial charge in [-0.05, 0) is 49.5 Å². The Balaban J connectivity index is 1.49. The molecule has 1 aromatic carbocycles. The van der Waals surface area contributed by atoms with Crippen molar-refractivity contribution in [1.82, 2.24) is 9.80 Å². The molecule has 5 nitrogen and oxygen atoms in total. The Morgan fingerprint density at radius 2 is 1.89 bits per heavy atom. The van der Waals surface area contributed by atoms with Crippen LogP contribution in [0.5, 0.6) is 0 Å². The Morgan fingerprint density at radius 1 is 1.19 bits per heavy atom. The average molecular weight is 370 g/mol. The van der Waals surface area contributed by atoms with Crippen molar-refractivity contribution in [2.75, 3.05) is 26.2 Å². The molecule has 146 valence electrons. The van der Waals surface area contributed by atoms with E-state index in [9.17, 15) is 9.59 Å². The molecule has 1 saturated carbocycles. The lowest BCUT2D eigenvalue weighted by atomic mass is 9.67. The molecule has 1 aromatic rings. The molecule has 2 heterocycles. The van der Waals surface area contributed by atoms with E-state index in [1.807, 2.05) is 30.0 Å². The fourth-order valence-electron chi connectivity index (χ4n) is 4.67. The highest BCUT2D eigenvalue weighted by molar-refractivity contribution is 5.85. The van der Waals surface area contributed by atoms with Crippen LogP contribution in [0.25, 0.3) is 0 Å². The van der Waals surface area contributed by atoms with Crippen LogP contribution < -0.4 is 0 Å². The van der Waals surface area contributed by atoms with Crippen LogP contribution >= 0.6 is 0 Å². The number of ether oxygens (including phenoxy) is 1. The molecule has 3 aliphatic rings. The number of piperidine rings is 2. The SMILES string of the molecule is CCCOC(=O)N1CCC2(CC1)CC(c1ccccc1)C(=O)N(C1CC1)C2. The van der Waals surface area contributed by atoms with E-state index in [4.69, 9.17) is 4.74 Å². The highest BCUT2D eigenvalue weighted by Gasteiger charge is 2.49. The summed E-state index contributed by atoms with van der Waals surface area (Å²) >= 11 is 0. The number of benzene rings is 1. The van der Waals surface area contributed by atoms with E-state index in [0.717, 1.165) is 63.7 Å². The van der Waals surface area contributed by atoms with E-state index in [0.29, 0.717) is 18.6 Å². The molecule has 1 atom stereocenters. The van der Waals surface area contributed by atoms with Gasteiger partial charge in [0.2, 0.25) is 5.91 Å². The molecule has 2 aliphatic heterocycles. The van der Waals surface area contributed by atoms with E-state index >= 15 is 0 Å². The fourth-order valence-corrected chi connectivity index (χ4v) is 4.67. The Hall–Kier alpha value is -2.04. The molecule has 27 heavy (non-hydrogen) atoms. The number of carbonyl (C=O) groups excluding carboxylic acids is 2. The lowest BCUT2D eigenvalue weighted by Gasteiger charge is -2.50. The summed E-state index contributed by atoms with van der Waals surface area (Å²) in [6, 6.07) is 10.7. The van der Waals surface area contributed by atoms with Gasteiger partial charge >= 0.3 is 6.09 Å². The van der Waals surface area contributed by atoms with Crippen molar-refractivity contribution in [3.8, 4) is 0 Å². The first-order chi connectivity index (χ1) is 13.1. The van der Waals surface area contributed by atoms with Gasteiger partial charge in [-0.15, -0.1) is 0 Å². The van der Waals surface area contributed by atoms with Gasteiger partial charge in [-0.2, -0.15) is 0 Å². The zero-order valence-corrected chi connectivity index (χ0v) is 16.2. The lowest BCUT2D eigenvalue weighted by Crippen LogP contribution is -2.55. The largest absolute Gasteiger partial charge is 0.449 e. The summed E-state index contributed by atoms with van der Waals surface area (Å²) in [5, 5.41) is 0. The summed E-state index contributed by atoms with van der Waals surface area (Å²) in [6.45, 7) is 4.82. The number of amides is 2. The zero-order valence-electron chi connectivity index (χ0n) is 16.2. The Morgan fingerprint density at radius 3 is 2.52 bits per heavy atom. The third-order valence-corrected chi connectivity index (χ3v) is 6.43. The van der Waals surface area contributed by atoms with Crippen LogP contribution in [0.4, 0.5) is 4.79 Å². The van der Waals surface area contributed by atoms with Gasteiger partial charge in [-0.1, -0.05) is 37.3 Å². The number of nitrogens with zero attached hydrogens (tertiary/aromatic N) is 2. The minimum absolute atomic E-state index is 0.0425. The number of rotatable bonds is 4. The second-order valence-corrected chi connectivity index (χ2v) is 8.47. The molecular weight excluding hydrogens is 340 g/mol. The molecule has 1 spiro atoms. The molecule has 0 N–H and O–H groups in total. The maximum Gasteiger partial charge on any atom is 0.409 e. The van der Waals surface area contributed by atoms with Gasteiger partial charge in [0.25, 0.3) is 0 Å². The Bertz CT molecular complexity index is 678. The van der Waals surface area contributed by atoms with Gasteiger partial charge in [0.1, 0.15) is 0 Å². The third-order valence-electron chi connectivity index (χ3n) is 6.43. The lowest BCUT2D eigenvalue weighted by molar-refractivity contribution is -0.142. The monoisotopic (exact) mass is 370 g/mol. The summed E-state index contributed by atoms with van der Waals surface area (Å²) in [7, 11) is 0. The van der Waals surface area contributed by atoms with E-state index in [-0.39, 0.29) is 17.4 Å². The molecule has 0 aromatic heterocycles. The van der Waals surface area contributed by atoms with Gasteiger partial charge in [-0.3, -0.25) is 4.79 Å². The zero-order chi connectivity index (χ0) is 18.9. The van der Waals surface area contributed by atoms with Crippen LogP contribution in [0, 0.1) is 5.41 Å². The third kappa shape index (κ3) is 3.83. The first kappa shape index (κ1) is 18.3. The Kier molecular flexibility index (Phi) is 5.11. The molecule has 1 unspecified atom stereocenters. The summed E-state index contributed by atoms with van der Waals surface area (Å²) in [4.78, 5) is 29.4. The average Bonchev–Trinajstić information content (AvgIpc) is 3.54. The minimum atomic E-state index is -0.183. The van der Waals surface area contributed by atoms with Gasteiger partial charge in [0, 0.05) is 25.7 Å². The molecule has 5 heteroatoms. The highest BCUT2D eigenvalue weighted by atomic mass is 16.6. The van der Waals surface area contributed by atoms with E-state index in [1.54, 1.807) is 0 Å². The number of likely N-dealkylation sites (tertiary alicyclic amines) is 2. The Labute approximate surface area is 161 Å². The number of carbonyl (C=O) groups is 2. The standard InChI is InChI=1S/C22H30N2O3/c1-2-14-27-21(26)23-12-10-22(11-13-23)15-19(17-6-4-3-5-7-17)20(25)24(16-22)18-8-9-18/h3-7,18-19H,2,8-16H2,1H3. The molecule has 4 rings (SSSR count). The smallest absolute Gasteiger partial charge is 0.409 e. The van der Waals surface area contributed by atoms with E-state index < -0.39 is 0 Å². The van der Waals surface area contributed by atoms with Crippen LogP contribution in [-0.4, -0.2) is 54.1 Å². The predicted molar refractivity (Wildman–Crippen MR) is 103 cm³/mol. The van der Waals surface area contributed by atoms with Crippen molar-refractivity contribution in [2.45, 2.75) is 57.4 Å². The first-order valence-corrected chi connectivity index (χ1v) is 10.4. The number of hydrogen-bond acceptors (Lipinski definition) is 3. The van der Waals surface area contributed by atoms with Crippen LogP contribution in [0.15, 0.2) is 30.3 Å². The van der Waals surface area contributed by atoms with Crippen molar-refractivity contribution < 1.29 is 14.3 Å². The normalized spacial score (nSPS) is 24.9. The molecular formula is C22H30N2O3. The van der Waals surface area contributed by atoms with E-state index in [1.165, 1.54) is 0 Å². The van der Waals surface area contributed by atoms with Crippen molar-refractivity contribution in [3.63, 3.8) is 0 Å². The summed E-state index contributed by atoms with van der Waals surface area (Å²) in [5.74, 6) is 0.262.